The highest BCUT2D eigenvalue weighted by atomic mass is 32.2. The second kappa shape index (κ2) is 9.84. The summed E-state index contributed by atoms with van der Waals surface area (Å²) in [5.74, 6) is -0.0404. The van der Waals surface area contributed by atoms with Crippen LogP contribution in [0.3, 0.4) is 0 Å². The second-order valence-electron chi connectivity index (χ2n) is 7.56. The number of hydrogen-bond acceptors (Lipinski definition) is 6. The fourth-order valence-corrected chi connectivity index (χ4v) is 5.37. The van der Waals surface area contributed by atoms with E-state index in [0.29, 0.717) is 44.8 Å². The normalized spacial score (nSPS) is 14.9. The van der Waals surface area contributed by atoms with Crippen LogP contribution in [-0.4, -0.2) is 52.1 Å². The molecule has 2 aromatic heterocycles. The number of benzene rings is 1. The molecule has 1 N–H and O–H groups in total. The van der Waals surface area contributed by atoms with Crippen LogP contribution in [0.25, 0.3) is 4.90 Å². The molecule has 1 aliphatic heterocycles. The third-order valence-corrected chi connectivity index (χ3v) is 7.05. The van der Waals surface area contributed by atoms with Crippen molar-refractivity contribution in [2.45, 2.75) is 25.9 Å². The number of nitrogens with one attached hydrogen (secondary N) is 1. The van der Waals surface area contributed by atoms with E-state index in [2.05, 4.69) is 20.3 Å². The van der Waals surface area contributed by atoms with Crippen molar-refractivity contribution in [2.75, 3.05) is 31.6 Å². The van der Waals surface area contributed by atoms with E-state index in [1.54, 1.807) is 6.20 Å². The number of morpholine rings is 1. The molecule has 1 unspecified atom stereocenters. The Balaban J connectivity index is 1.51. The molecule has 0 spiro atoms. The van der Waals surface area contributed by atoms with Crippen LogP contribution >= 0.6 is 10.5 Å². The summed E-state index contributed by atoms with van der Waals surface area (Å²) >= 11 is 0. The quantitative estimate of drug-likeness (QED) is 0.527. The fraction of sp³-hybridized carbons (Fsp3) is 0.364. The van der Waals surface area contributed by atoms with Crippen molar-refractivity contribution in [2.24, 2.45) is 0 Å². The number of ether oxygens (including phenoxy) is 1. The maximum Gasteiger partial charge on any atom is 0.433 e. The molecular formula is C22H23F3N5O2S+. The number of carbonyl (C=O) groups is 1. The van der Waals surface area contributed by atoms with Crippen molar-refractivity contribution in [3.63, 3.8) is 0 Å². The molecule has 1 saturated heterocycles. The Bertz CT molecular complexity index is 1130. The standard InChI is InChI=1S/C22H23F3N5O2S/c1-15-12-16(28-21-27-5-4-18(29-21)22(23,24)25)14-17(13-15)33-11-6-26-19(33)2-3-20(31)30-7-9-32-10-8-30/h4-6,11-14H,2-3,7-10H2,1H3,(H,27,28,29)/q+1. The van der Waals surface area contributed by atoms with Crippen molar-refractivity contribution < 1.29 is 22.7 Å². The van der Waals surface area contributed by atoms with Crippen molar-refractivity contribution in [1.82, 2.24) is 19.9 Å². The van der Waals surface area contributed by atoms with Crippen LogP contribution in [0.1, 0.15) is 22.7 Å². The number of hydrogen-bond donors (Lipinski definition) is 1. The zero-order valence-electron chi connectivity index (χ0n) is 17.9. The number of alkyl halides is 3. The Morgan fingerprint density at radius 1 is 1.18 bits per heavy atom. The van der Waals surface area contributed by atoms with Crippen molar-refractivity contribution >= 4 is 28.0 Å². The maximum atomic E-state index is 13.0. The molecule has 4 rings (SSSR count). The van der Waals surface area contributed by atoms with Crippen LogP contribution < -0.4 is 5.32 Å². The number of aromatic nitrogens is 3. The van der Waals surface area contributed by atoms with Gasteiger partial charge in [-0.2, -0.15) is 13.2 Å². The molecule has 11 heteroatoms. The van der Waals surface area contributed by atoms with Gasteiger partial charge in [-0.3, -0.25) is 4.79 Å². The summed E-state index contributed by atoms with van der Waals surface area (Å²) in [6, 6.07) is 6.51. The van der Waals surface area contributed by atoms with Crippen LogP contribution in [0.15, 0.2) is 42.0 Å². The van der Waals surface area contributed by atoms with E-state index in [-0.39, 0.29) is 11.9 Å². The van der Waals surface area contributed by atoms with Gasteiger partial charge in [-0.1, -0.05) is 0 Å². The lowest BCUT2D eigenvalue weighted by Crippen LogP contribution is -2.40. The predicted octanol–water partition coefficient (Wildman–Crippen LogP) is 4.47. The molecule has 33 heavy (non-hydrogen) atoms. The third kappa shape index (κ3) is 5.85. The van der Waals surface area contributed by atoms with Gasteiger partial charge < -0.3 is 15.0 Å². The van der Waals surface area contributed by atoms with Gasteiger partial charge in [0, 0.05) is 60.4 Å². The summed E-state index contributed by atoms with van der Waals surface area (Å²) in [4.78, 5) is 27.2. The number of carbonyl (C=O) groups excluding carboxylic acids is 1. The summed E-state index contributed by atoms with van der Waals surface area (Å²) in [6.45, 7) is 4.25. The van der Waals surface area contributed by atoms with E-state index >= 15 is 0 Å². The van der Waals surface area contributed by atoms with Gasteiger partial charge in [0.05, 0.1) is 19.4 Å². The minimum Gasteiger partial charge on any atom is -0.378 e. The predicted molar refractivity (Wildman–Crippen MR) is 119 cm³/mol. The van der Waals surface area contributed by atoms with Crippen LogP contribution in [0.5, 0.6) is 0 Å². The second-order valence-corrected chi connectivity index (χ2v) is 9.45. The first-order valence-electron chi connectivity index (χ1n) is 10.4. The largest absolute Gasteiger partial charge is 0.433 e. The first-order valence-corrected chi connectivity index (χ1v) is 11.7. The lowest BCUT2D eigenvalue weighted by molar-refractivity contribution is -0.141. The molecule has 1 aromatic carbocycles. The van der Waals surface area contributed by atoms with Crippen molar-refractivity contribution in [3.8, 4) is 4.90 Å². The number of anilines is 2. The fourth-order valence-electron chi connectivity index (χ4n) is 3.54. The third-order valence-electron chi connectivity index (χ3n) is 5.09. The Kier molecular flexibility index (Phi) is 6.89. The van der Waals surface area contributed by atoms with Gasteiger partial charge in [-0.15, -0.1) is 0 Å². The molecular weight excluding hydrogens is 455 g/mol. The molecule has 1 atom stereocenters. The number of nitrogens with zero attached hydrogens (tertiary/aromatic N) is 4. The molecule has 0 saturated carbocycles. The number of halogens is 3. The zero-order valence-corrected chi connectivity index (χ0v) is 18.7. The molecule has 3 heterocycles. The zero-order chi connectivity index (χ0) is 23.4. The first-order chi connectivity index (χ1) is 15.8. The molecule has 174 valence electrons. The van der Waals surface area contributed by atoms with Gasteiger partial charge in [-0.05, 0) is 24.6 Å². The lowest BCUT2D eigenvalue weighted by Gasteiger charge is -2.26. The Labute approximate surface area is 191 Å². The first kappa shape index (κ1) is 23.1. The van der Waals surface area contributed by atoms with Gasteiger partial charge in [0.1, 0.15) is 5.69 Å². The van der Waals surface area contributed by atoms with Crippen LogP contribution in [0.4, 0.5) is 24.8 Å². The number of thiazole rings is 1. The van der Waals surface area contributed by atoms with E-state index < -0.39 is 22.3 Å². The summed E-state index contributed by atoms with van der Waals surface area (Å²) in [7, 11) is -0.434. The van der Waals surface area contributed by atoms with Crippen LogP contribution in [-0.2, 0) is 22.1 Å². The summed E-state index contributed by atoms with van der Waals surface area (Å²) in [6.07, 6.45) is -0.814. The van der Waals surface area contributed by atoms with Crippen LogP contribution in [0, 0.1) is 6.92 Å². The Morgan fingerprint density at radius 3 is 2.73 bits per heavy atom. The average Bonchev–Trinajstić information content (AvgIpc) is 3.26. The minimum atomic E-state index is -4.54. The molecule has 1 fully saturated rings. The number of rotatable bonds is 6. The molecule has 1 aliphatic rings. The monoisotopic (exact) mass is 478 g/mol. The van der Waals surface area contributed by atoms with E-state index in [4.69, 9.17) is 4.74 Å². The highest BCUT2D eigenvalue weighted by Crippen LogP contribution is 2.37. The van der Waals surface area contributed by atoms with E-state index in [9.17, 15) is 18.0 Å². The smallest absolute Gasteiger partial charge is 0.378 e. The maximum absolute atomic E-state index is 13.0. The van der Waals surface area contributed by atoms with Gasteiger partial charge >= 0.3 is 6.18 Å². The molecule has 3 aromatic rings. The molecule has 7 nitrogen and oxygen atoms in total. The number of aryl methyl sites for hydroxylation is 2. The Morgan fingerprint density at radius 2 is 1.97 bits per heavy atom. The van der Waals surface area contributed by atoms with Gasteiger partial charge in [0.2, 0.25) is 16.9 Å². The topological polar surface area (TPSA) is 80.2 Å². The van der Waals surface area contributed by atoms with Gasteiger partial charge in [0.15, 0.2) is 10.3 Å². The Hall–Kier alpha value is -3.05. The van der Waals surface area contributed by atoms with Gasteiger partial charge in [-0.25, -0.2) is 15.0 Å². The SMILES string of the molecule is Cc1cc(Nc2nccc(C(F)(F)F)n2)cc(-[s+]2ccnc2CCC(=O)N2CCOCC2)c1. The average molecular weight is 479 g/mol. The van der Waals surface area contributed by atoms with Gasteiger partial charge in [0.25, 0.3) is 0 Å². The molecule has 0 bridgehead atoms. The minimum absolute atomic E-state index is 0.0877. The summed E-state index contributed by atoms with van der Waals surface area (Å²) in [5, 5.41) is 5.76. The van der Waals surface area contributed by atoms with Crippen LogP contribution in [0.2, 0.25) is 0 Å². The van der Waals surface area contributed by atoms with E-state index in [0.717, 1.165) is 27.7 Å². The van der Waals surface area contributed by atoms with E-state index in [1.165, 1.54) is 0 Å². The molecule has 1 amide bonds. The highest BCUT2D eigenvalue weighted by molar-refractivity contribution is 7.38. The molecule has 0 radical (unpaired) electrons. The highest BCUT2D eigenvalue weighted by Gasteiger charge is 2.33. The van der Waals surface area contributed by atoms with Crippen molar-refractivity contribution in [3.05, 3.63) is 58.3 Å². The number of amides is 1. The van der Waals surface area contributed by atoms with Crippen molar-refractivity contribution in [1.29, 1.82) is 0 Å². The summed E-state index contributed by atoms with van der Waals surface area (Å²) in [5.41, 5.74) is 0.507. The summed E-state index contributed by atoms with van der Waals surface area (Å²) < 4.78 is 44.2. The molecule has 0 aliphatic carbocycles. The lowest BCUT2D eigenvalue weighted by atomic mass is 10.2. The van der Waals surface area contributed by atoms with E-state index in [1.807, 2.05) is 35.4 Å².